The third-order valence-electron chi connectivity index (χ3n) is 4.07. The topological polar surface area (TPSA) is 110 Å². The Morgan fingerprint density at radius 1 is 1.27 bits per heavy atom. The molecule has 2 N–H and O–H groups in total. The third-order valence-corrected chi connectivity index (χ3v) is 5.35. The standard InChI is InChI=1S/C16H20N6O3S/c1-11-15(12(2)21(3)19-11)16(23)17-7-9-26(24,25)20-13-5-8-22-14(10-13)4-6-18-22/h4-6,8,10,20H,7,9H2,1-3H3,(H,17,23). The number of hydrogen-bond donors (Lipinski definition) is 2. The van der Waals surface area contributed by atoms with Crippen molar-refractivity contribution in [3.05, 3.63) is 47.5 Å². The summed E-state index contributed by atoms with van der Waals surface area (Å²) in [5.74, 6) is -0.564. The maximum atomic E-state index is 12.3. The minimum absolute atomic E-state index is 0.00311. The number of pyridine rings is 1. The average Bonchev–Trinajstić information content (AvgIpc) is 3.10. The fourth-order valence-electron chi connectivity index (χ4n) is 2.71. The van der Waals surface area contributed by atoms with Gasteiger partial charge in [0.2, 0.25) is 10.0 Å². The number of amides is 1. The van der Waals surface area contributed by atoms with Crippen molar-refractivity contribution >= 4 is 27.1 Å². The zero-order valence-electron chi connectivity index (χ0n) is 14.7. The number of rotatable bonds is 6. The molecule has 0 atom stereocenters. The van der Waals surface area contributed by atoms with E-state index in [0.29, 0.717) is 16.9 Å². The number of carbonyl (C=O) groups excluding carboxylic acids is 1. The van der Waals surface area contributed by atoms with Crippen LogP contribution in [0, 0.1) is 13.8 Å². The average molecular weight is 376 g/mol. The van der Waals surface area contributed by atoms with Gasteiger partial charge in [-0.05, 0) is 32.0 Å². The van der Waals surface area contributed by atoms with Gasteiger partial charge in [-0.25, -0.2) is 12.9 Å². The van der Waals surface area contributed by atoms with E-state index in [2.05, 4.69) is 20.2 Å². The number of fused-ring (bicyclic) bond motifs is 1. The fourth-order valence-corrected chi connectivity index (χ4v) is 3.66. The molecule has 0 aliphatic rings. The van der Waals surface area contributed by atoms with Crippen LogP contribution in [0.1, 0.15) is 21.7 Å². The lowest BCUT2D eigenvalue weighted by Gasteiger charge is -2.09. The number of hydrogen-bond acceptors (Lipinski definition) is 5. The minimum Gasteiger partial charge on any atom is -0.351 e. The first-order valence-corrected chi connectivity index (χ1v) is 9.64. The van der Waals surface area contributed by atoms with E-state index in [4.69, 9.17) is 0 Å². The molecule has 10 heteroatoms. The normalized spacial score (nSPS) is 11.7. The lowest BCUT2D eigenvalue weighted by Crippen LogP contribution is -2.31. The van der Waals surface area contributed by atoms with E-state index in [1.807, 2.05) is 0 Å². The molecule has 0 fully saturated rings. The molecule has 0 bridgehead atoms. The van der Waals surface area contributed by atoms with Crippen LogP contribution in [0.3, 0.4) is 0 Å². The van der Waals surface area contributed by atoms with Crippen LogP contribution in [0.25, 0.3) is 5.52 Å². The van der Waals surface area contributed by atoms with Crippen LogP contribution in [0.15, 0.2) is 30.6 Å². The summed E-state index contributed by atoms with van der Waals surface area (Å²) in [5.41, 5.74) is 3.04. The number of nitrogens with one attached hydrogen (secondary N) is 2. The monoisotopic (exact) mass is 376 g/mol. The van der Waals surface area contributed by atoms with Crippen LogP contribution >= 0.6 is 0 Å². The molecule has 0 aromatic carbocycles. The Morgan fingerprint density at radius 3 is 2.73 bits per heavy atom. The third kappa shape index (κ3) is 3.69. The molecule has 0 aliphatic heterocycles. The van der Waals surface area contributed by atoms with E-state index in [1.54, 1.807) is 60.7 Å². The highest BCUT2D eigenvalue weighted by Gasteiger charge is 2.18. The van der Waals surface area contributed by atoms with Crippen molar-refractivity contribution in [1.29, 1.82) is 0 Å². The highest BCUT2D eigenvalue weighted by molar-refractivity contribution is 7.92. The number of anilines is 1. The SMILES string of the molecule is Cc1nn(C)c(C)c1C(=O)NCCS(=O)(=O)Nc1ccn2nccc2c1. The second kappa shape index (κ2) is 6.79. The molecule has 26 heavy (non-hydrogen) atoms. The zero-order chi connectivity index (χ0) is 18.9. The van der Waals surface area contributed by atoms with Crippen LogP contribution in [-0.2, 0) is 17.1 Å². The van der Waals surface area contributed by atoms with E-state index in [1.165, 1.54) is 0 Å². The Morgan fingerprint density at radius 2 is 2.04 bits per heavy atom. The Bertz CT molecular complexity index is 1070. The number of carbonyl (C=O) groups is 1. The summed E-state index contributed by atoms with van der Waals surface area (Å²) < 4.78 is 30.2. The highest BCUT2D eigenvalue weighted by atomic mass is 32.2. The maximum absolute atomic E-state index is 12.3. The van der Waals surface area contributed by atoms with Gasteiger partial charge >= 0.3 is 0 Å². The molecular formula is C16H20N6O3S. The van der Waals surface area contributed by atoms with Crippen LogP contribution in [-0.4, -0.2) is 46.0 Å². The fraction of sp³-hybridized carbons (Fsp3) is 0.312. The molecule has 0 unspecified atom stereocenters. The number of sulfonamides is 1. The number of aromatic nitrogens is 4. The first-order valence-electron chi connectivity index (χ1n) is 7.99. The van der Waals surface area contributed by atoms with Gasteiger partial charge in [-0.15, -0.1) is 0 Å². The number of nitrogens with zero attached hydrogens (tertiary/aromatic N) is 4. The predicted molar refractivity (Wildman–Crippen MR) is 97.6 cm³/mol. The van der Waals surface area contributed by atoms with E-state index in [0.717, 1.165) is 11.2 Å². The van der Waals surface area contributed by atoms with Gasteiger partial charge in [-0.3, -0.25) is 14.2 Å². The molecular weight excluding hydrogens is 356 g/mol. The minimum atomic E-state index is -3.59. The van der Waals surface area contributed by atoms with E-state index in [9.17, 15) is 13.2 Å². The van der Waals surface area contributed by atoms with E-state index >= 15 is 0 Å². The Kier molecular flexibility index (Phi) is 4.68. The van der Waals surface area contributed by atoms with Crippen LogP contribution in [0.2, 0.25) is 0 Å². The summed E-state index contributed by atoms with van der Waals surface area (Å²) in [6, 6.07) is 5.08. The maximum Gasteiger partial charge on any atom is 0.255 e. The molecule has 3 heterocycles. The van der Waals surface area contributed by atoms with Gasteiger partial charge in [0.15, 0.2) is 0 Å². The molecule has 0 radical (unpaired) electrons. The van der Waals surface area contributed by atoms with Gasteiger partial charge in [0.1, 0.15) is 0 Å². The molecule has 3 rings (SSSR count). The van der Waals surface area contributed by atoms with Gasteiger partial charge in [0.25, 0.3) is 5.91 Å². The van der Waals surface area contributed by atoms with Crippen LogP contribution in [0.4, 0.5) is 5.69 Å². The molecule has 138 valence electrons. The summed E-state index contributed by atoms with van der Waals surface area (Å²) in [6.45, 7) is 3.53. The quantitative estimate of drug-likeness (QED) is 0.663. The Balaban J connectivity index is 1.60. The van der Waals surface area contributed by atoms with Crippen LogP contribution in [0.5, 0.6) is 0 Å². The van der Waals surface area contributed by atoms with Crippen molar-refractivity contribution in [3.63, 3.8) is 0 Å². The molecule has 3 aromatic heterocycles. The molecule has 3 aromatic rings. The number of aryl methyl sites for hydroxylation is 2. The van der Waals surface area contributed by atoms with E-state index < -0.39 is 10.0 Å². The van der Waals surface area contributed by atoms with Gasteiger partial charge < -0.3 is 5.32 Å². The van der Waals surface area contributed by atoms with Gasteiger partial charge in [0.05, 0.1) is 28.2 Å². The van der Waals surface area contributed by atoms with Crippen molar-refractivity contribution in [2.75, 3.05) is 17.0 Å². The van der Waals surface area contributed by atoms with E-state index in [-0.39, 0.29) is 18.2 Å². The first-order chi connectivity index (χ1) is 12.3. The molecule has 0 aliphatic carbocycles. The van der Waals surface area contributed by atoms with Crippen molar-refractivity contribution < 1.29 is 13.2 Å². The summed E-state index contributed by atoms with van der Waals surface area (Å²) in [4.78, 5) is 12.3. The lowest BCUT2D eigenvalue weighted by molar-refractivity contribution is 0.0955. The van der Waals surface area contributed by atoms with Gasteiger partial charge in [-0.1, -0.05) is 0 Å². The zero-order valence-corrected chi connectivity index (χ0v) is 15.5. The smallest absolute Gasteiger partial charge is 0.255 e. The largest absolute Gasteiger partial charge is 0.351 e. The molecule has 0 saturated heterocycles. The van der Waals surface area contributed by atoms with Crippen molar-refractivity contribution in [1.82, 2.24) is 24.7 Å². The van der Waals surface area contributed by atoms with Crippen molar-refractivity contribution in [2.24, 2.45) is 7.05 Å². The first kappa shape index (κ1) is 17.9. The Hall–Kier alpha value is -2.88. The second-order valence-corrected chi connectivity index (χ2v) is 7.80. The summed E-state index contributed by atoms with van der Waals surface area (Å²) in [6.07, 6.45) is 3.30. The molecule has 0 saturated carbocycles. The van der Waals surface area contributed by atoms with Crippen molar-refractivity contribution in [3.8, 4) is 0 Å². The van der Waals surface area contributed by atoms with Gasteiger partial charge in [0, 0.05) is 31.7 Å². The molecule has 9 nitrogen and oxygen atoms in total. The second-order valence-electron chi connectivity index (χ2n) is 5.96. The predicted octanol–water partition coefficient (Wildman–Crippen LogP) is 0.856. The van der Waals surface area contributed by atoms with Crippen LogP contribution < -0.4 is 10.0 Å². The lowest BCUT2D eigenvalue weighted by atomic mass is 10.2. The summed E-state index contributed by atoms with van der Waals surface area (Å²) in [5, 5.41) is 10.9. The van der Waals surface area contributed by atoms with Gasteiger partial charge in [-0.2, -0.15) is 10.2 Å². The summed E-state index contributed by atoms with van der Waals surface area (Å²) in [7, 11) is -1.84. The molecule has 0 spiro atoms. The van der Waals surface area contributed by atoms with Crippen molar-refractivity contribution in [2.45, 2.75) is 13.8 Å². The molecule has 1 amide bonds. The Labute approximate surface area is 151 Å². The summed E-state index contributed by atoms with van der Waals surface area (Å²) >= 11 is 0. The highest BCUT2D eigenvalue weighted by Crippen LogP contribution is 2.13.